The second kappa shape index (κ2) is 15.2. The van der Waals surface area contributed by atoms with Gasteiger partial charge in [0.25, 0.3) is 11.8 Å². The quantitative estimate of drug-likeness (QED) is 0.0906. The van der Waals surface area contributed by atoms with E-state index in [-0.39, 0.29) is 23.7 Å². The molecule has 0 aliphatic heterocycles. The van der Waals surface area contributed by atoms with Crippen molar-refractivity contribution in [2.24, 2.45) is 32.9 Å². The van der Waals surface area contributed by atoms with Gasteiger partial charge in [-0.2, -0.15) is 33.5 Å². The van der Waals surface area contributed by atoms with E-state index in [0.717, 1.165) is 11.4 Å². The zero-order valence-corrected chi connectivity index (χ0v) is 23.5. The molecule has 0 unspecified atom stereocenters. The summed E-state index contributed by atoms with van der Waals surface area (Å²) in [6, 6.07) is 6.64. The molecule has 0 bridgehead atoms. The van der Waals surface area contributed by atoms with E-state index in [1.165, 1.54) is 22.7 Å². The van der Waals surface area contributed by atoms with E-state index in [2.05, 4.69) is 30.6 Å². The average Bonchev–Trinajstić information content (AvgIpc) is 3.51. The summed E-state index contributed by atoms with van der Waals surface area (Å²) in [5.74, 6) is 2.26. The largest absolute Gasteiger partial charge is 0.370 e. The molecule has 0 fully saturated rings. The van der Waals surface area contributed by atoms with Crippen LogP contribution in [-0.2, 0) is 11.5 Å². The molecule has 2 heterocycles. The average molecular weight is 593 g/mol. The van der Waals surface area contributed by atoms with Gasteiger partial charge in [-0.3, -0.25) is 9.59 Å². The van der Waals surface area contributed by atoms with Crippen LogP contribution in [0.5, 0.6) is 0 Å². The number of aromatic nitrogens is 2. The number of rotatable bonds is 14. The van der Waals surface area contributed by atoms with Gasteiger partial charge in [0, 0.05) is 58.0 Å². The summed E-state index contributed by atoms with van der Waals surface area (Å²) in [6.07, 6.45) is 0. The topological polar surface area (TPSA) is 213 Å². The molecule has 0 aliphatic carbocycles. The van der Waals surface area contributed by atoms with Gasteiger partial charge in [-0.15, -0.1) is 22.7 Å². The van der Waals surface area contributed by atoms with Crippen molar-refractivity contribution in [3.8, 4) is 0 Å². The highest BCUT2D eigenvalue weighted by molar-refractivity contribution is 7.98. The number of carbonyl (C=O) groups excluding carboxylic acids is 2. The lowest BCUT2D eigenvalue weighted by Gasteiger charge is -2.08. The Morgan fingerprint density at radius 3 is 1.66 bits per heavy atom. The lowest BCUT2D eigenvalue weighted by atomic mass is 10.1. The van der Waals surface area contributed by atoms with Gasteiger partial charge in [0.2, 0.25) is 10.3 Å². The Morgan fingerprint density at radius 1 is 0.789 bits per heavy atom. The molecule has 1 aromatic carbocycles. The van der Waals surface area contributed by atoms with Crippen LogP contribution >= 0.6 is 46.2 Å². The summed E-state index contributed by atoms with van der Waals surface area (Å²) in [5, 5.41) is 10.6. The van der Waals surface area contributed by atoms with Gasteiger partial charge < -0.3 is 33.6 Å². The Bertz CT molecular complexity index is 1190. The second-order valence-corrected chi connectivity index (χ2v) is 11.4. The van der Waals surface area contributed by atoms with Gasteiger partial charge >= 0.3 is 0 Å². The Balaban J connectivity index is 1.33. The third-order valence-electron chi connectivity index (χ3n) is 4.48. The Kier molecular flexibility index (Phi) is 11.7. The number of thiazole rings is 2. The molecule has 2 amide bonds. The molecule has 16 heteroatoms. The fourth-order valence-electron chi connectivity index (χ4n) is 2.88. The van der Waals surface area contributed by atoms with Crippen LogP contribution in [0.15, 0.2) is 45.0 Å². The molecular formula is C22H28N10O2S4. The zero-order chi connectivity index (χ0) is 27.3. The number of aliphatic imine (C=N–C) groups is 2. The SMILES string of the molecule is NC(N)=Nc1nc(CSCCNC(=O)c2cccc(C(=O)NCCSCc3csc(N=C(N)N)n3)c2)cs1. The van der Waals surface area contributed by atoms with Gasteiger partial charge in [-0.05, 0) is 18.2 Å². The highest BCUT2D eigenvalue weighted by Crippen LogP contribution is 2.22. The predicted molar refractivity (Wildman–Crippen MR) is 159 cm³/mol. The lowest BCUT2D eigenvalue weighted by molar-refractivity contribution is 0.0955. The molecule has 10 N–H and O–H groups in total. The van der Waals surface area contributed by atoms with Gasteiger partial charge in [0.1, 0.15) is 0 Å². The van der Waals surface area contributed by atoms with Crippen molar-refractivity contribution < 1.29 is 9.59 Å². The summed E-state index contributed by atoms with van der Waals surface area (Å²) >= 11 is 6.00. The van der Waals surface area contributed by atoms with E-state index in [9.17, 15) is 9.59 Å². The lowest BCUT2D eigenvalue weighted by Crippen LogP contribution is -2.28. The molecule has 0 spiro atoms. The highest BCUT2D eigenvalue weighted by atomic mass is 32.2. The molecule has 3 aromatic rings. The van der Waals surface area contributed by atoms with Crippen molar-refractivity contribution in [2.75, 3.05) is 24.6 Å². The molecule has 0 aliphatic rings. The number of thioether (sulfide) groups is 2. The molecule has 202 valence electrons. The van der Waals surface area contributed by atoms with E-state index in [1.54, 1.807) is 47.8 Å². The van der Waals surface area contributed by atoms with Crippen molar-refractivity contribution in [3.63, 3.8) is 0 Å². The van der Waals surface area contributed by atoms with Gasteiger partial charge in [0.05, 0.1) is 11.4 Å². The maximum Gasteiger partial charge on any atom is 0.251 e. The van der Waals surface area contributed by atoms with Crippen LogP contribution < -0.4 is 33.6 Å². The van der Waals surface area contributed by atoms with Crippen LogP contribution in [0.4, 0.5) is 10.3 Å². The minimum Gasteiger partial charge on any atom is -0.370 e. The van der Waals surface area contributed by atoms with Gasteiger partial charge in [-0.25, -0.2) is 9.97 Å². The Morgan fingerprint density at radius 2 is 1.24 bits per heavy atom. The third kappa shape index (κ3) is 10.2. The molecule has 0 saturated carbocycles. The number of guanidine groups is 2. The summed E-state index contributed by atoms with van der Waals surface area (Å²) < 4.78 is 0. The smallest absolute Gasteiger partial charge is 0.251 e. The number of benzene rings is 1. The Labute approximate surface area is 236 Å². The van der Waals surface area contributed by atoms with E-state index >= 15 is 0 Å². The fraction of sp³-hybridized carbons (Fsp3) is 0.273. The van der Waals surface area contributed by atoms with Crippen LogP contribution in [0, 0.1) is 0 Å². The van der Waals surface area contributed by atoms with E-state index in [0.29, 0.717) is 57.5 Å². The number of nitrogens with zero attached hydrogens (tertiary/aromatic N) is 4. The molecular weight excluding hydrogens is 565 g/mol. The first-order valence-corrected chi connectivity index (χ1v) is 15.3. The maximum absolute atomic E-state index is 12.5. The van der Waals surface area contributed by atoms with Crippen molar-refractivity contribution in [1.82, 2.24) is 20.6 Å². The monoisotopic (exact) mass is 592 g/mol. The summed E-state index contributed by atoms with van der Waals surface area (Å²) in [4.78, 5) is 41.5. The highest BCUT2D eigenvalue weighted by Gasteiger charge is 2.11. The van der Waals surface area contributed by atoms with E-state index in [1.807, 2.05) is 10.8 Å². The molecule has 12 nitrogen and oxygen atoms in total. The number of nitrogens with two attached hydrogens (primary N) is 4. The molecule has 3 rings (SSSR count). The number of amides is 2. The van der Waals surface area contributed by atoms with Crippen molar-refractivity contribution in [2.45, 2.75) is 11.5 Å². The van der Waals surface area contributed by atoms with Crippen LogP contribution in [-0.4, -0.2) is 58.3 Å². The summed E-state index contributed by atoms with van der Waals surface area (Å²) in [6.45, 7) is 0.961. The van der Waals surface area contributed by atoms with Gasteiger partial charge in [0.15, 0.2) is 11.9 Å². The number of carbonyl (C=O) groups is 2. The second-order valence-electron chi connectivity index (χ2n) is 7.51. The first-order chi connectivity index (χ1) is 18.3. The predicted octanol–water partition coefficient (Wildman–Crippen LogP) is 1.74. The van der Waals surface area contributed by atoms with E-state index < -0.39 is 0 Å². The van der Waals surface area contributed by atoms with Crippen LogP contribution in [0.2, 0.25) is 0 Å². The normalized spacial score (nSPS) is 10.5. The Hall–Kier alpha value is -3.34. The molecule has 2 aromatic heterocycles. The minimum atomic E-state index is -0.233. The first kappa shape index (κ1) is 29.2. The third-order valence-corrected chi connectivity index (χ3v) is 8.03. The summed E-state index contributed by atoms with van der Waals surface area (Å²) in [7, 11) is 0. The number of nitrogens with one attached hydrogen (secondary N) is 2. The minimum absolute atomic E-state index is 0.0230. The van der Waals surface area contributed by atoms with Crippen molar-refractivity contribution >= 4 is 80.2 Å². The standard InChI is InChI=1S/C22H28N10O2S4/c23-19(24)31-21-29-15(11-37-21)9-35-6-4-27-17(33)13-2-1-3-14(8-13)18(34)28-5-7-36-10-16-12-38-22(30-16)32-20(25)26/h1-3,8,11-12H,4-7,9-10H2,(H,27,33)(H,28,34)(H4,23,24,29,31)(H4,25,26,30,32). The molecule has 38 heavy (non-hydrogen) atoms. The number of hydrogen-bond acceptors (Lipinski definition) is 10. The molecule has 0 saturated heterocycles. The summed E-state index contributed by atoms with van der Waals surface area (Å²) in [5.41, 5.74) is 24.0. The van der Waals surface area contributed by atoms with Crippen LogP contribution in [0.3, 0.4) is 0 Å². The van der Waals surface area contributed by atoms with Crippen molar-refractivity contribution in [3.05, 3.63) is 57.5 Å². The number of hydrogen-bond donors (Lipinski definition) is 6. The van der Waals surface area contributed by atoms with Crippen molar-refractivity contribution in [1.29, 1.82) is 0 Å². The van der Waals surface area contributed by atoms with Crippen LogP contribution in [0.25, 0.3) is 0 Å². The molecule has 0 atom stereocenters. The van der Waals surface area contributed by atoms with Crippen LogP contribution in [0.1, 0.15) is 32.1 Å². The molecule has 0 radical (unpaired) electrons. The van der Waals surface area contributed by atoms with E-state index in [4.69, 9.17) is 22.9 Å². The fourth-order valence-corrected chi connectivity index (χ4v) is 6.00. The first-order valence-electron chi connectivity index (χ1n) is 11.2. The van der Waals surface area contributed by atoms with Gasteiger partial charge in [-0.1, -0.05) is 6.07 Å². The zero-order valence-electron chi connectivity index (χ0n) is 20.3. The maximum atomic E-state index is 12.5.